The van der Waals surface area contributed by atoms with Crippen molar-refractivity contribution in [1.82, 2.24) is 0 Å². The number of anilines is 1. The highest BCUT2D eigenvalue weighted by Gasteiger charge is 2.29. The Balaban J connectivity index is 2.59. The SMILES string of the molecule is OC[C@@H](O)[C@H](O)[C@H](O)[C@@H](O)C=NNc1ccc(Br)cc1Br. The van der Waals surface area contributed by atoms with Gasteiger partial charge in [0.05, 0.1) is 18.5 Å². The van der Waals surface area contributed by atoms with Gasteiger partial charge in [0.1, 0.15) is 24.4 Å². The number of nitrogens with zero attached hydrogens (tertiary/aromatic N) is 1. The van der Waals surface area contributed by atoms with Gasteiger partial charge in [-0.1, -0.05) is 15.9 Å². The lowest BCUT2D eigenvalue weighted by molar-refractivity contribution is -0.0999. The summed E-state index contributed by atoms with van der Waals surface area (Å²) >= 11 is 6.62. The fourth-order valence-electron chi connectivity index (χ4n) is 1.39. The first-order chi connectivity index (χ1) is 9.86. The van der Waals surface area contributed by atoms with E-state index in [2.05, 4.69) is 42.4 Å². The lowest BCUT2D eigenvalue weighted by atomic mass is 10.0. The topological polar surface area (TPSA) is 126 Å². The molecule has 0 amide bonds. The van der Waals surface area contributed by atoms with Gasteiger partial charge in [-0.25, -0.2) is 0 Å². The Bertz CT molecular complexity index is 489. The summed E-state index contributed by atoms with van der Waals surface area (Å²) in [6, 6.07) is 5.32. The third kappa shape index (κ3) is 5.62. The van der Waals surface area contributed by atoms with E-state index < -0.39 is 31.0 Å². The van der Waals surface area contributed by atoms with Crippen molar-refractivity contribution in [2.75, 3.05) is 12.0 Å². The van der Waals surface area contributed by atoms with E-state index in [1.54, 1.807) is 18.2 Å². The number of halogens is 2. The Morgan fingerprint density at radius 1 is 1.14 bits per heavy atom. The van der Waals surface area contributed by atoms with Crippen molar-refractivity contribution < 1.29 is 25.5 Å². The normalized spacial score (nSPS) is 17.5. The van der Waals surface area contributed by atoms with E-state index in [9.17, 15) is 15.3 Å². The summed E-state index contributed by atoms with van der Waals surface area (Å²) in [6.45, 7) is -0.730. The van der Waals surface area contributed by atoms with Gasteiger partial charge in [0.25, 0.3) is 0 Å². The molecule has 9 heteroatoms. The molecule has 0 radical (unpaired) electrons. The van der Waals surface area contributed by atoms with Crippen molar-refractivity contribution >= 4 is 43.8 Å². The van der Waals surface area contributed by atoms with Crippen LogP contribution < -0.4 is 5.43 Å². The molecule has 1 aromatic carbocycles. The van der Waals surface area contributed by atoms with Gasteiger partial charge >= 0.3 is 0 Å². The summed E-state index contributed by atoms with van der Waals surface area (Å²) < 4.78 is 1.61. The Hall–Kier alpha value is -0.550. The van der Waals surface area contributed by atoms with Crippen LogP contribution in [0.25, 0.3) is 0 Å². The minimum absolute atomic E-state index is 0.632. The number of rotatable bonds is 7. The molecule has 4 atom stereocenters. The van der Waals surface area contributed by atoms with Gasteiger partial charge in [0, 0.05) is 8.95 Å². The smallest absolute Gasteiger partial charge is 0.119 e. The van der Waals surface area contributed by atoms with Gasteiger partial charge in [-0.15, -0.1) is 0 Å². The summed E-state index contributed by atoms with van der Waals surface area (Å²) in [4.78, 5) is 0. The van der Waals surface area contributed by atoms with Gasteiger partial charge in [-0.2, -0.15) is 5.10 Å². The molecular weight excluding hydrogens is 412 g/mol. The van der Waals surface area contributed by atoms with Crippen LogP contribution in [-0.2, 0) is 0 Å². The average Bonchev–Trinajstić information content (AvgIpc) is 2.46. The van der Waals surface area contributed by atoms with E-state index in [0.29, 0.717) is 5.69 Å². The van der Waals surface area contributed by atoms with Crippen molar-refractivity contribution in [2.45, 2.75) is 24.4 Å². The second-order valence-corrected chi connectivity index (χ2v) is 6.01. The molecule has 0 saturated heterocycles. The molecule has 0 heterocycles. The first kappa shape index (κ1) is 18.5. The third-order valence-electron chi connectivity index (χ3n) is 2.62. The third-order valence-corrected chi connectivity index (χ3v) is 3.77. The van der Waals surface area contributed by atoms with Gasteiger partial charge in [-0.3, -0.25) is 5.43 Å². The summed E-state index contributed by atoms with van der Waals surface area (Å²) in [7, 11) is 0. The number of hydrazone groups is 1. The number of nitrogens with one attached hydrogen (secondary N) is 1. The molecule has 0 fully saturated rings. The number of hydrogen-bond donors (Lipinski definition) is 6. The van der Waals surface area contributed by atoms with Gasteiger partial charge in [0.15, 0.2) is 0 Å². The highest BCUT2D eigenvalue weighted by molar-refractivity contribution is 9.11. The summed E-state index contributed by atoms with van der Waals surface area (Å²) in [6.07, 6.45) is -5.44. The fraction of sp³-hybridized carbons (Fsp3) is 0.417. The van der Waals surface area contributed by atoms with Crippen LogP contribution in [-0.4, -0.2) is 62.8 Å². The molecule has 0 spiro atoms. The molecule has 0 aliphatic rings. The van der Waals surface area contributed by atoms with Crippen LogP contribution in [0.4, 0.5) is 5.69 Å². The number of aliphatic hydroxyl groups excluding tert-OH is 5. The first-order valence-corrected chi connectivity index (χ1v) is 7.52. The van der Waals surface area contributed by atoms with E-state index in [-0.39, 0.29) is 0 Å². The highest BCUT2D eigenvalue weighted by atomic mass is 79.9. The maximum Gasteiger partial charge on any atom is 0.119 e. The van der Waals surface area contributed by atoms with Crippen molar-refractivity contribution in [3.63, 3.8) is 0 Å². The largest absolute Gasteiger partial charge is 0.394 e. The predicted octanol–water partition coefficient (Wildman–Crippen LogP) is 0.0452. The van der Waals surface area contributed by atoms with Gasteiger partial charge in [0.2, 0.25) is 0 Å². The first-order valence-electron chi connectivity index (χ1n) is 5.94. The monoisotopic (exact) mass is 426 g/mol. The molecule has 1 rings (SSSR count). The molecule has 0 aliphatic carbocycles. The molecule has 0 saturated carbocycles. The Morgan fingerprint density at radius 2 is 1.81 bits per heavy atom. The maximum absolute atomic E-state index is 9.61. The summed E-state index contributed by atoms with van der Waals surface area (Å²) in [5.41, 5.74) is 3.28. The van der Waals surface area contributed by atoms with Crippen LogP contribution >= 0.6 is 31.9 Å². The minimum Gasteiger partial charge on any atom is -0.394 e. The number of benzene rings is 1. The quantitative estimate of drug-likeness (QED) is 0.269. The molecule has 0 bridgehead atoms. The zero-order valence-corrected chi connectivity index (χ0v) is 13.9. The molecule has 7 nitrogen and oxygen atoms in total. The molecule has 21 heavy (non-hydrogen) atoms. The minimum atomic E-state index is -1.68. The van der Waals surface area contributed by atoms with Crippen LogP contribution in [0, 0.1) is 0 Å². The van der Waals surface area contributed by atoms with Crippen molar-refractivity contribution in [3.05, 3.63) is 27.1 Å². The second-order valence-electron chi connectivity index (χ2n) is 4.24. The predicted molar refractivity (Wildman–Crippen MR) is 85.1 cm³/mol. The second kappa shape index (κ2) is 8.79. The van der Waals surface area contributed by atoms with Crippen LogP contribution in [0.1, 0.15) is 0 Å². The van der Waals surface area contributed by atoms with Crippen molar-refractivity contribution in [2.24, 2.45) is 5.10 Å². The molecule has 0 aromatic heterocycles. The van der Waals surface area contributed by atoms with Gasteiger partial charge in [-0.05, 0) is 34.1 Å². The lowest BCUT2D eigenvalue weighted by Gasteiger charge is -2.23. The Labute approximate surface area is 138 Å². The lowest BCUT2D eigenvalue weighted by Crippen LogP contribution is -2.46. The van der Waals surface area contributed by atoms with E-state index in [4.69, 9.17) is 10.2 Å². The molecule has 0 aliphatic heterocycles. The van der Waals surface area contributed by atoms with E-state index in [1.165, 1.54) is 0 Å². The van der Waals surface area contributed by atoms with Crippen LogP contribution in [0.15, 0.2) is 32.2 Å². The molecular formula is C12H16Br2N2O5. The Morgan fingerprint density at radius 3 is 2.38 bits per heavy atom. The maximum atomic E-state index is 9.61. The molecule has 6 N–H and O–H groups in total. The Kier molecular flexibility index (Phi) is 7.74. The van der Waals surface area contributed by atoms with Crippen LogP contribution in [0.5, 0.6) is 0 Å². The zero-order chi connectivity index (χ0) is 16.0. The van der Waals surface area contributed by atoms with Crippen LogP contribution in [0.2, 0.25) is 0 Å². The summed E-state index contributed by atoms with van der Waals surface area (Å²) in [5.74, 6) is 0. The highest BCUT2D eigenvalue weighted by Crippen LogP contribution is 2.25. The number of hydrogen-bond acceptors (Lipinski definition) is 7. The zero-order valence-electron chi connectivity index (χ0n) is 10.8. The fourth-order valence-corrected chi connectivity index (χ4v) is 2.52. The van der Waals surface area contributed by atoms with Crippen molar-refractivity contribution in [1.29, 1.82) is 0 Å². The van der Waals surface area contributed by atoms with E-state index in [0.717, 1.165) is 15.2 Å². The summed E-state index contributed by atoms with van der Waals surface area (Å²) in [5, 5.41) is 50.2. The van der Waals surface area contributed by atoms with Crippen LogP contribution in [0.3, 0.4) is 0 Å². The molecule has 1 aromatic rings. The molecule has 118 valence electrons. The molecule has 0 unspecified atom stereocenters. The number of aliphatic hydroxyl groups is 5. The average molecular weight is 428 g/mol. The van der Waals surface area contributed by atoms with Crippen molar-refractivity contribution in [3.8, 4) is 0 Å². The standard InChI is InChI=1S/C12H16Br2N2O5/c13-6-1-2-8(7(14)3-6)16-15-4-9(18)11(20)12(21)10(19)5-17/h1-4,9-12,16-21H,5H2/t9-,10+,11+,12-/m0/s1. The van der Waals surface area contributed by atoms with E-state index >= 15 is 0 Å². The van der Waals surface area contributed by atoms with Gasteiger partial charge < -0.3 is 25.5 Å². The van der Waals surface area contributed by atoms with E-state index in [1.807, 2.05) is 0 Å².